The SMILES string of the molecule is C=CCOC12Oc3ccc(OC(=O)Nc4ccc(OC)cc4OC)cc3C3C(CCCCO)C(CCCCO)C=C(C(=NOC4CCCCO4)CC1N(C)C(=O)C1CC1)C32. The summed E-state index contributed by atoms with van der Waals surface area (Å²) in [5.74, 6) is -0.200. The molecule has 14 heteroatoms. The van der Waals surface area contributed by atoms with Crippen LogP contribution in [0.1, 0.15) is 88.5 Å². The zero-order valence-electron chi connectivity index (χ0n) is 35.1. The molecule has 2 aliphatic heterocycles. The van der Waals surface area contributed by atoms with Gasteiger partial charge in [0.2, 0.25) is 18.0 Å². The summed E-state index contributed by atoms with van der Waals surface area (Å²) in [6.45, 7) is 4.93. The predicted molar refractivity (Wildman–Crippen MR) is 224 cm³/mol. The minimum atomic E-state index is -1.35. The monoisotopic (exact) mass is 831 g/mol. The average Bonchev–Trinajstić information content (AvgIpc) is 4.12. The van der Waals surface area contributed by atoms with Crippen LogP contribution in [0, 0.1) is 23.7 Å². The van der Waals surface area contributed by atoms with Gasteiger partial charge in [0.15, 0.2) is 0 Å². The standard InChI is InChI=1S/C46H61N3O11/c1-5-23-57-46-40(49(2)44(52)29-15-16-29)28-37(48-60-41-14-8-11-24-56-41)34-25-30(12-6-9-21-50)33(13-7-10-22-51)42(43(34)46)35-26-32(18-20-38(35)59-46)58-45(53)47-36-19-17-31(54-3)27-39(36)55-4/h5,17-20,25-27,29-30,33,40-43,50-51H,1,6-16,21-24,28H2,2-4H3,(H,47,53). The number of unbranched alkanes of at least 4 members (excludes halogenated alkanes) is 2. The van der Waals surface area contributed by atoms with E-state index in [0.717, 1.165) is 68.9 Å². The lowest BCUT2D eigenvalue weighted by Crippen LogP contribution is -2.69. The van der Waals surface area contributed by atoms with E-state index >= 15 is 0 Å². The first-order chi connectivity index (χ1) is 29.2. The van der Waals surface area contributed by atoms with E-state index in [9.17, 15) is 19.8 Å². The number of amides is 2. The van der Waals surface area contributed by atoms with Gasteiger partial charge in [0.1, 0.15) is 29.0 Å². The lowest BCUT2D eigenvalue weighted by molar-refractivity contribution is -0.256. The van der Waals surface area contributed by atoms with E-state index in [0.29, 0.717) is 60.3 Å². The van der Waals surface area contributed by atoms with Crippen LogP contribution in [0.2, 0.25) is 0 Å². The first-order valence-corrected chi connectivity index (χ1v) is 21.6. The second kappa shape index (κ2) is 19.8. The number of hydrogen-bond donors (Lipinski definition) is 3. The summed E-state index contributed by atoms with van der Waals surface area (Å²) in [7, 11) is 4.90. The fourth-order valence-corrected chi connectivity index (χ4v) is 9.62. The topological polar surface area (TPSA) is 167 Å². The Morgan fingerprint density at radius 3 is 2.48 bits per heavy atom. The van der Waals surface area contributed by atoms with Gasteiger partial charge in [-0.2, -0.15) is 0 Å². The highest BCUT2D eigenvalue weighted by Crippen LogP contribution is 2.62. The molecule has 0 radical (unpaired) electrons. The van der Waals surface area contributed by atoms with Gasteiger partial charge in [0, 0.05) is 56.6 Å². The van der Waals surface area contributed by atoms with Crippen LogP contribution in [-0.4, -0.2) is 98.6 Å². The van der Waals surface area contributed by atoms with Crippen molar-refractivity contribution in [3.05, 3.63) is 66.3 Å². The Bertz CT molecular complexity index is 1890. The third-order valence-electron chi connectivity index (χ3n) is 12.7. The highest BCUT2D eigenvalue weighted by Gasteiger charge is 2.65. The number of anilines is 1. The molecular weight excluding hydrogens is 771 g/mol. The number of methoxy groups -OCH3 is 2. The molecule has 60 heavy (non-hydrogen) atoms. The molecule has 2 heterocycles. The molecule has 2 amide bonds. The highest BCUT2D eigenvalue weighted by atomic mass is 16.8. The van der Waals surface area contributed by atoms with Crippen LogP contribution in [0.25, 0.3) is 0 Å². The van der Waals surface area contributed by atoms with Crippen LogP contribution < -0.4 is 24.3 Å². The van der Waals surface area contributed by atoms with Crippen molar-refractivity contribution in [1.82, 2.24) is 4.90 Å². The Balaban J connectivity index is 1.35. The molecule has 14 nitrogen and oxygen atoms in total. The van der Waals surface area contributed by atoms with E-state index < -0.39 is 30.1 Å². The molecule has 2 aromatic rings. The molecular formula is C46H61N3O11. The Kier molecular flexibility index (Phi) is 14.4. The summed E-state index contributed by atoms with van der Waals surface area (Å²) in [6, 6.07) is 9.87. The number of hydrogen-bond acceptors (Lipinski definition) is 12. The number of fused-ring (bicyclic) bond motifs is 2. The second-order valence-corrected chi connectivity index (χ2v) is 16.5. The maximum atomic E-state index is 14.1. The third kappa shape index (κ3) is 9.31. The number of nitrogens with one attached hydrogen (secondary N) is 1. The molecule has 2 saturated carbocycles. The van der Waals surface area contributed by atoms with Crippen LogP contribution in [-0.2, 0) is 19.1 Å². The molecule has 0 bridgehead atoms. The van der Waals surface area contributed by atoms with E-state index in [4.69, 9.17) is 38.4 Å². The van der Waals surface area contributed by atoms with Gasteiger partial charge in [-0.1, -0.05) is 30.1 Å². The zero-order valence-corrected chi connectivity index (χ0v) is 35.1. The van der Waals surface area contributed by atoms with Gasteiger partial charge < -0.3 is 48.4 Å². The van der Waals surface area contributed by atoms with Gasteiger partial charge in [-0.05, 0) is 99.1 Å². The lowest BCUT2D eigenvalue weighted by Gasteiger charge is -2.59. The Hall–Kier alpha value is -4.63. The number of ether oxygens (including phenoxy) is 6. The summed E-state index contributed by atoms with van der Waals surface area (Å²) in [4.78, 5) is 35.6. The van der Waals surface area contributed by atoms with E-state index in [1.54, 1.807) is 42.4 Å². The molecule has 1 saturated heterocycles. The van der Waals surface area contributed by atoms with Gasteiger partial charge in [0.05, 0.1) is 44.8 Å². The Morgan fingerprint density at radius 2 is 1.78 bits per heavy atom. The molecule has 7 atom stereocenters. The molecule has 3 aliphatic carbocycles. The number of rotatable bonds is 19. The van der Waals surface area contributed by atoms with Crippen molar-refractivity contribution in [3.8, 4) is 23.0 Å². The van der Waals surface area contributed by atoms with E-state index in [-0.39, 0.29) is 49.4 Å². The lowest BCUT2D eigenvalue weighted by atomic mass is 9.55. The summed E-state index contributed by atoms with van der Waals surface area (Å²) in [5.41, 5.74) is 2.89. The van der Waals surface area contributed by atoms with Gasteiger partial charge in [0.25, 0.3) is 0 Å². The third-order valence-corrected chi connectivity index (χ3v) is 12.7. The molecule has 2 aromatic carbocycles. The number of aliphatic hydroxyl groups excluding tert-OH is 2. The molecule has 5 aliphatic rings. The number of benzene rings is 2. The molecule has 7 unspecified atom stereocenters. The van der Waals surface area contributed by atoms with E-state index in [2.05, 4.69) is 18.0 Å². The largest absolute Gasteiger partial charge is 0.497 e. The number of oxime groups is 1. The fraction of sp³-hybridized carbons (Fsp3) is 0.587. The van der Waals surface area contributed by atoms with Gasteiger partial charge in [-0.3, -0.25) is 10.1 Å². The Labute approximate surface area is 352 Å². The number of nitrogens with zero attached hydrogens (tertiary/aromatic N) is 2. The quantitative estimate of drug-likeness (QED) is 0.0737. The maximum Gasteiger partial charge on any atom is 0.417 e. The minimum absolute atomic E-state index is 0.0121. The molecule has 7 rings (SSSR count). The summed E-state index contributed by atoms with van der Waals surface area (Å²) >= 11 is 0. The van der Waals surface area contributed by atoms with E-state index in [1.165, 1.54) is 7.11 Å². The number of carbonyl (C=O) groups excluding carboxylic acids is 2. The summed E-state index contributed by atoms with van der Waals surface area (Å²) in [5, 5.41) is 27.5. The van der Waals surface area contributed by atoms with Crippen molar-refractivity contribution in [2.45, 2.75) is 101 Å². The highest BCUT2D eigenvalue weighted by molar-refractivity contribution is 6.03. The van der Waals surface area contributed by atoms with Gasteiger partial charge in [-0.25, -0.2) is 4.79 Å². The van der Waals surface area contributed by atoms with Gasteiger partial charge >= 0.3 is 6.09 Å². The minimum Gasteiger partial charge on any atom is -0.497 e. The number of aliphatic hydroxyl groups is 2. The average molecular weight is 832 g/mol. The smallest absolute Gasteiger partial charge is 0.417 e. The normalized spacial score (nSPS) is 27.4. The van der Waals surface area contributed by atoms with Crippen LogP contribution in [0.15, 0.2) is 65.9 Å². The van der Waals surface area contributed by atoms with Crippen molar-refractivity contribution in [2.75, 3.05) is 53.0 Å². The predicted octanol–water partition coefficient (Wildman–Crippen LogP) is 7.34. The number of carbonyl (C=O) groups is 2. The molecule has 3 N–H and O–H groups in total. The molecule has 0 spiro atoms. The zero-order chi connectivity index (χ0) is 42.2. The van der Waals surface area contributed by atoms with Crippen molar-refractivity contribution in [2.24, 2.45) is 28.8 Å². The second-order valence-electron chi connectivity index (χ2n) is 16.5. The molecule has 326 valence electrons. The number of allylic oxidation sites excluding steroid dienone is 1. The van der Waals surface area contributed by atoms with Gasteiger partial charge in [-0.15, -0.1) is 6.58 Å². The summed E-state index contributed by atoms with van der Waals surface area (Å²) in [6.07, 6.45) is 11.9. The van der Waals surface area contributed by atoms with Crippen LogP contribution >= 0.6 is 0 Å². The number of likely N-dealkylation sites (N-methyl/N-ethyl adjacent to an activating group) is 1. The van der Waals surface area contributed by atoms with Crippen molar-refractivity contribution >= 4 is 23.4 Å². The van der Waals surface area contributed by atoms with Crippen LogP contribution in [0.4, 0.5) is 10.5 Å². The van der Waals surface area contributed by atoms with Crippen molar-refractivity contribution in [3.63, 3.8) is 0 Å². The fourth-order valence-electron chi connectivity index (χ4n) is 9.62. The van der Waals surface area contributed by atoms with Crippen molar-refractivity contribution < 1.29 is 53.1 Å². The van der Waals surface area contributed by atoms with Crippen LogP contribution in [0.5, 0.6) is 23.0 Å². The first kappa shape index (κ1) is 43.5. The molecule has 3 fully saturated rings. The Morgan fingerprint density at radius 1 is 1.00 bits per heavy atom. The van der Waals surface area contributed by atoms with Crippen LogP contribution in [0.3, 0.4) is 0 Å². The van der Waals surface area contributed by atoms with E-state index in [1.807, 2.05) is 19.2 Å². The van der Waals surface area contributed by atoms with Crippen molar-refractivity contribution in [1.29, 1.82) is 0 Å². The first-order valence-electron chi connectivity index (χ1n) is 21.6. The molecule has 0 aromatic heterocycles. The summed E-state index contributed by atoms with van der Waals surface area (Å²) < 4.78 is 36.9. The maximum absolute atomic E-state index is 14.1.